The van der Waals surface area contributed by atoms with E-state index in [0.717, 1.165) is 5.69 Å². The third kappa shape index (κ3) is 3.45. The van der Waals surface area contributed by atoms with Gasteiger partial charge >= 0.3 is 5.97 Å². The molecule has 0 aliphatic carbocycles. The lowest BCUT2D eigenvalue weighted by molar-refractivity contribution is -0.146. The number of hydrogen-bond acceptors (Lipinski definition) is 3. The Morgan fingerprint density at radius 3 is 2.04 bits per heavy atom. The minimum atomic E-state index is -0.172. The lowest BCUT2D eigenvalue weighted by atomic mass is 9.96. The third-order valence-corrected chi connectivity index (χ3v) is 4.96. The zero-order chi connectivity index (χ0) is 18.0. The highest BCUT2D eigenvalue weighted by molar-refractivity contribution is 5.94. The molecule has 1 fully saturated rings. The Bertz CT molecular complexity index is 749. The van der Waals surface area contributed by atoms with Crippen molar-refractivity contribution in [2.75, 3.05) is 20.2 Å². The summed E-state index contributed by atoms with van der Waals surface area (Å²) < 4.78 is 6.96. The zero-order valence-electron chi connectivity index (χ0n) is 15.0. The number of rotatable bonds is 3. The molecular formula is C20H24N2O3. The lowest BCUT2D eigenvalue weighted by Gasteiger charge is -2.30. The van der Waals surface area contributed by atoms with Crippen LogP contribution in [0.25, 0.3) is 5.69 Å². The summed E-state index contributed by atoms with van der Waals surface area (Å²) in [7, 11) is 1.41. The van der Waals surface area contributed by atoms with E-state index in [1.807, 2.05) is 29.2 Å². The zero-order valence-corrected chi connectivity index (χ0v) is 15.0. The van der Waals surface area contributed by atoms with Gasteiger partial charge in [0.05, 0.1) is 13.0 Å². The predicted molar refractivity (Wildman–Crippen MR) is 95.9 cm³/mol. The molecule has 2 heterocycles. The van der Waals surface area contributed by atoms with Gasteiger partial charge in [0.25, 0.3) is 5.91 Å². The lowest BCUT2D eigenvalue weighted by Crippen LogP contribution is -2.40. The molecule has 3 rings (SSSR count). The van der Waals surface area contributed by atoms with Crippen LogP contribution in [0.4, 0.5) is 0 Å². The average Bonchev–Trinajstić information content (AvgIpc) is 2.99. The first-order valence-corrected chi connectivity index (χ1v) is 8.63. The number of carbonyl (C=O) groups excluding carboxylic acids is 2. The quantitative estimate of drug-likeness (QED) is 0.807. The molecule has 0 saturated carbocycles. The van der Waals surface area contributed by atoms with E-state index >= 15 is 0 Å². The van der Waals surface area contributed by atoms with Gasteiger partial charge in [0, 0.05) is 35.7 Å². The van der Waals surface area contributed by atoms with Crippen molar-refractivity contribution >= 4 is 11.9 Å². The van der Waals surface area contributed by atoms with Gasteiger partial charge in [0.1, 0.15) is 0 Å². The first-order chi connectivity index (χ1) is 12.0. The van der Waals surface area contributed by atoms with Gasteiger partial charge in [-0.15, -0.1) is 0 Å². The Labute approximate surface area is 148 Å². The van der Waals surface area contributed by atoms with E-state index in [9.17, 15) is 9.59 Å². The van der Waals surface area contributed by atoms with E-state index in [1.54, 1.807) is 0 Å². The molecule has 1 aromatic heterocycles. The standard InChI is InChI=1S/C20H24N2O3/c1-14-4-5-15(2)22(14)18-8-6-16(7-9-18)19(23)21-12-10-17(11-13-21)20(24)25-3/h4-9,17H,10-13H2,1-3H3. The predicted octanol–water partition coefficient (Wildman–Crippen LogP) is 3.12. The van der Waals surface area contributed by atoms with Crippen LogP contribution in [0.3, 0.4) is 0 Å². The molecule has 2 aromatic rings. The van der Waals surface area contributed by atoms with Crippen LogP contribution in [0.2, 0.25) is 0 Å². The van der Waals surface area contributed by atoms with E-state index in [0.29, 0.717) is 31.5 Å². The molecule has 0 atom stereocenters. The molecule has 1 aliphatic rings. The number of aryl methyl sites for hydroxylation is 2. The van der Waals surface area contributed by atoms with Gasteiger partial charge in [0.2, 0.25) is 0 Å². The summed E-state index contributed by atoms with van der Waals surface area (Å²) in [5, 5.41) is 0. The number of likely N-dealkylation sites (tertiary alicyclic amines) is 1. The first kappa shape index (κ1) is 17.3. The van der Waals surface area contributed by atoms with Crippen molar-refractivity contribution in [2.24, 2.45) is 5.92 Å². The van der Waals surface area contributed by atoms with Crippen molar-refractivity contribution in [2.45, 2.75) is 26.7 Å². The van der Waals surface area contributed by atoms with Crippen LogP contribution in [0.1, 0.15) is 34.6 Å². The van der Waals surface area contributed by atoms with Crippen molar-refractivity contribution in [3.05, 3.63) is 53.3 Å². The monoisotopic (exact) mass is 340 g/mol. The summed E-state index contributed by atoms with van der Waals surface area (Å²) in [6.07, 6.45) is 1.33. The van der Waals surface area contributed by atoms with Gasteiger partial charge < -0.3 is 14.2 Å². The molecule has 1 aromatic carbocycles. The average molecular weight is 340 g/mol. The molecule has 0 unspecified atom stereocenters. The Balaban J connectivity index is 1.69. The normalized spacial score (nSPS) is 15.2. The molecule has 0 radical (unpaired) electrons. The van der Waals surface area contributed by atoms with Crippen LogP contribution in [-0.2, 0) is 9.53 Å². The molecule has 1 amide bonds. The summed E-state index contributed by atoms with van der Waals surface area (Å²) in [4.78, 5) is 26.1. The highest BCUT2D eigenvalue weighted by Crippen LogP contribution is 2.21. The van der Waals surface area contributed by atoms with Crippen LogP contribution in [0.15, 0.2) is 36.4 Å². The highest BCUT2D eigenvalue weighted by atomic mass is 16.5. The van der Waals surface area contributed by atoms with Crippen molar-refractivity contribution in [1.82, 2.24) is 9.47 Å². The number of hydrogen-bond donors (Lipinski definition) is 0. The van der Waals surface area contributed by atoms with E-state index in [1.165, 1.54) is 18.5 Å². The molecule has 0 N–H and O–H groups in total. The van der Waals surface area contributed by atoms with Gasteiger partial charge in [-0.25, -0.2) is 0 Å². The number of benzene rings is 1. The van der Waals surface area contributed by atoms with Gasteiger partial charge in [0.15, 0.2) is 0 Å². The van der Waals surface area contributed by atoms with E-state index in [-0.39, 0.29) is 17.8 Å². The Morgan fingerprint density at radius 1 is 0.960 bits per heavy atom. The summed E-state index contributed by atoms with van der Waals surface area (Å²) >= 11 is 0. The molecule has 5 nitrogen and oxygen atoms in total. The number of esters is 1. The van der Waals surface area contributed by atoms with Crippen LogP contribution in [-0.4, -0.2) is 41.5 Å². The number of carbonyl (C=O) groups is 2. The highest BCUT2D eigenvalue weighted by Gasteiger charge is 2.28. The molecule has 1 aliphatic heterocycles. The van der Waals surface area contributed by atoms with E-state index < -0.39 is 0 Å². The molecule has 5 heteroatoms. The maximum atomic E-state index is 12.7. The number of amides is 1. The van der Waals surface area contributed by atoms with Crippen molar-refractivity contribution in [3.8, 4) is 5.69 Å². The SMILES string of the molecule is COC(=O)C1CCN(C(=O)c2ccc(-n3c(C)ccc3C)cc2)CC1. The van der Waals surface area contributed by atoms with Crippen LogP contribution < -0.4 is 0 Å². The topological polar surface area (TPSA) is 51.5 Å². The van der Waals surface area contributed by atoms with Gasteiger partial charge in [-0.05, 0) is 63.1 Å². The largest absolute Gasteiger partial charge is 0.469 e. The van der Waals surface area contributed by atoms with E-state index in [2.05, 4.69) is 30.5 Å². The van der Waals surface area contributed by atoms with Crippen LogP contribution in [0.5, 0.6) is 0 Å². The fraction of sp³-hybridized carbons (Fsp3) is 0.400. The van der Waals surface area contributed by atoms with E-state index in [4.69, 9.17) is 4.74 Å². The smallest absolute Gasteiger partial charge is 0.308 e. The second kappa shape index (κ2) is 7.13. The Morgan fingerprint density at radius 2 is 1.52 bits per heavy atom. The summed E-state index contributed by atoms with van der Waals surface area (Å²) in [5.41, 5.74) is 4.08. The first-order valence-electron chi connectivity index (χ1n) is 8.63. The number of piperidine rings is 1. The van der Waals surface area contributed by atoms with Crippen molar-refractivity contribution < 1.29 is 14.3 Å². The van der Waals surface area contributed by atoms with Gasteiger partial charge in [-0.1, -0.05) is 0 Å². The fourth-order valence-corrected chi connectivity index (χ4v) is 3.50. The van der Waals surface area contributed by atoms with Crippen molar-refractivity contribution in [1.29, 1.82) is 0 Å². The number of nitrogens with zero attached hydrogens (tertiary/aromatic N) is 2. The van der Waals surface area contributed by atoms with Crippen LogP contribution in [0, 0.1) is 19.8 Å². The van der Waals surface area contributed by atoms with Gasteiger partial charge in [-0.2, -0.15) is 0 Å². The summed E-state index contributed by atoms with van der Waals surface area (Å²) in [6, 6.07) is 11.9. The molecular weight excluding hydrogens is 316 g/mol. The van der Waals surface area contributed by atoms with Gasteiger partial charge in [-0.3, -0.25) is 9.59 Å². The fourth-order valence-electron chi connectivity index (χ4n) is 3.50. The van der Waals surface area contributed by atoms with Crippen molar-refractivity contribution in [3.63, 3.8) is 0 Å². The minimum Gasteiger partial charge on any atom is -0.469 e. The molecule has 132 valence electrons. The molecule has 0 spiro atoms. The molecule has 0 bridgehead atoms. The second-order valence-electron chi connectivity index (χ2n) is 6.59. The molecule has 25 heavy (non-hydrogen) atoms. The van der Waals surface area contributed by atoms with Crippen LogP contribution >= 0.6 is 0 Å². The minimum absolute atomic E-state index is 0.0239. The molecule has 1 saturated heterocycles. The maximum absolute atomic E-state index is 12.7. The number of ether oxygens (including phenoxy) is 1. The second-order valence-corrected chi connectivity index (χ2v) is 6.59. The summed E-state index contributed by atoms with van der Waals surface area (Å²) in [6.45, 7) is 5.32. The number of methoxy groups -OCH3 is 1. The maximum Gasteiger partial charge on any atom is 0.308 e. The summed E-state index contributed by atoms with van der Waals surface area (Å²) in [5.74, 6) is -0.235. The Hall–Kier alpha value is -2.56. The third-order valence-electron chi connectivity index (χ3n) is 4.96. The number of aromatic nitrogens is 1. The Kier molecular flexibility index (Phi) is 4.93.